The summed E-state index contributed by atoms with van der Waals surface area (Å²) in [4.78, 5) is 10.2. The first-order chi connectivity index (χ1) is 8.35. The van der Waals surface area contributed by atoms with Gasteiger partial charge in [-0.3, -0.25) is 0 Å². The van der Waals surface area contributed by atoms with E-state index in [1.807, 2.05) is 6.08 Å². The fourth-order valence-corrected chi connectivity index (χ4v) is 1.23. The van der Waals surface area contributed by atoms with Gasteiger partial charge >= 0.3 is 0 Å². The SMILES string of the molecule is CCCCCCC=CN(OCCO)OCCO. The second-order valence-corrected chi connectivity index (χ2v) is 3.63. The second kappa shape index (κ2) is 13.4. The van der Waals surface area contributed by atoms with Crippen molar-refractivity contribution in [3.63, 3.8) is 0 Å². The molecule has 0 atom stereocenters. The van der Waals surface area contributed by atoms with E-state index in [9.17, 15) is 0 Å². The highest BCUT2D eigenvalue weighted by Gasteiger charge is 1.98. The lowest BCUT2D eigenvalue weighted by atomic mass is 10.1. The summed E-state index contributed by atoms with van der Waals surface area (Å²) in [6.45, 7) is 2.40. The van der Waals surface area contributed by atoms with Gasteiger partial charge in [-0.15, -0.1) is 5.23 Å². The highest BCUT2D eigenvalue weighted by Crippen LogP contribution is 2.04. The average Bonchev–Trinajstić information content (AvgIpc) is 2.35. The van der Waals surface area contributed by atoms with E-state index >= 15 is 0 Å². The number of hydrogen-bond donors (Lipinski definition) is 2. The van der Waals surface area contributed by atoms with E-state index < -0.39 is 0 Å². The first-order valence-electron chi connectivity index (χ1n) is 6.28. The van der Waals surface area contributed by atoms with E-state index in [1.54, 1.807) is 6.20 Å². The first kappa shape index (κ1) is 16.4. The van der Waals surface area contributed by atoms with E-state index in [2.05, 4.69) is 6.92 Å². The molecular formula is C12H25NO4. The maximum atomic E-state index is 8.63. The topological polar surface area (TPSA) is 62.2 Å². The third-order valence-corrected chi connectivity index (χ3v) is 2.07. The second-order valence-electron chi connectivity index (χ2n) is 3.63. The van der Waals surface area contributed by atoms with Crippen LogP contribution < -0.4 is 0 Å². The van der Waals surface area contributed by atoms with E-state index in [4.69, 9.17) is 19.9 Å². The maximum Gasteiger partial charge on any atom is 0.101 e. The van der Waals surface area contributed by atoms with E-state index in [0.717, 1.165) is 12.8 Å². The minimum atomic E-state index is -0.0661. The Kier molecular flexibility index (Phi) is 13.0. The van der Waals surface area contributed by atoms with Crippen LogP contribution in [0.2, 0.25) is 0 Å². The van der Waals surface area contributed by atoms with Gasteiger partial charge in [-0.1, -0.05) is 32.3 Å². The number of nitrogens with zero attached hydrogens (tertiary/aromatic N) is 1. The summed E-state index contributed by atoms with van der Waals surface area (Å²) < 4.78 is 0. The van der Waals surface area contributed by atoms with Gasteiger partial charge in [0.05, 0.1) is 19.4 Å². The summed E-state index contributed by atoms with van der Waals surface area (Å²) in [5.41, 5.74) is 0. The largest absolute Gasteiger partial charge is 0.394 e. The molecule has 0 aliphatic carbocycles. The zero-order valence-corrected chi connectivity index (χ0v) is 10.7. The van der Waals surface area contributed by atoms with E-state index in [1.165, 1.54) is 24.5 Å². The molecule has 0 aromatic carbocycles. The molecule has 0 unspecified atom stereocenters. The zero-order valence-electron chi connectivity index (χ0n) is 10.7. The number of hydroxylamine groups is 2. The van der Waals surface area contributed by atoms with Crippen LogP contribution in [0.15, 0.2) is 12.3 Å². The Morgan fingerprint density at radius 1 is 1.00 bits per heavy atom. The number of rotatable bonds is 12. The van der Waals surface area contributed by atoms with Gasteiger partial charge in [0.25, 0.3) is 0 Å². The van der Waals surface area contributed by atoms with Crippen LogP contribution in [0.3, 0.4) is 0 Å². The molecule has 0 spiro atoms. The van der Waals surface area contributed by atoms with Crippen molar-refractivity contribution in [3.05, 3.63) is 12.3 Å². The summed E-state index contributed by atoms with van der Waals surface area (Å²) in [5, 5.41) is 18.4. The van der Waals surface area contributed by atoms with Crippen LogP contribution >= 0.6 is 0 Å². The summed E-state index contributed by atoms with van der Waals surface area (Å²) >= 11 is 0. The minimum Gasteiger partial charge on any atom is -0.394 e. The number of unbranched alkanes of at least 4 members (excludes halogenated alkanes) is 4. The molecule has 0 fully saturated rings. The van der Waals surface area contributed by atoms with Crippen molar-refractivity contribution in [1.29, 1.82) is 0 Å². The molecule has 0 aliphatic heterocycles. The predicted octanol–water partition coefficient (Wildman–Crippen LogP) is 1.62. The van der Waals surface area contributed by atoms with Crippen molar-refractivity contribution in [1.82, 2.24) is 5.23 Å². The molecule has 5 heteroatoms. The van der Waals surface area contributed by atoms with Crippen molar-refractivity contribution >= 4 is 0 Å². The fraction of sp³-hybridized carbons (Fsp3) is 0.833. The summed E-state index contributed by atoms with van der Waals surface area (Å²) in [7, 11) is 0. The molecule has 0 bridgehead atoms. The van der Waals surface area contributed by atoms with Gasteiger partial charge in [0, 0.05) is 0 Å². The lowest BCUT2D eigenvalue weighted by Crippen LogP contribution is -2.22. The molecule has 0 aliphatic rings. The maximum absolute atomic E-state index is 8.63. The monoisotopic (exact) mass is 247 g/mol. The highest BCUT2D eigenvalue weighted by atomic mass is 16.9. The van der Waals surface area contributed by atoms with Crippen LogP contribution in [0.4, 0.5) is 0 Å². The smallest absolute Gasteiger partial charge is 0.101 e. The molecule has 0 rings (SSSR count). The molecule has 0 aromatic rings. The molecule has 2 N–H and O–H groups in total. The van der Waals surface area contributed by atoms with Crippen LogP contribution in [0.25, 0.3) is 0 Å². The van der Waals surface area contributed by atoms with Gasteiger partial charge in [0.1, 0.15) is 13.2 Å². The summed E-state index contributed by atoms with van der Waals surface area (Å²) in [5.74, 6) is 0. The predicted molar refractivity (Wildman–Crippen MR) is 65.8 cm³/mol. The highest BCUT2D eigenvalue weighted by molar-refractivity contribution is 4.76. The third kappa shape index (κ3) is 11.6. The Bertz CT molecular complexity index is 168. The number of aliphatic hydroxyl groups excluding tert-OH is 2. The van der Waals surface area contributed by atoms with E-state index in [-0.39, 0.29) is 26.4 Å². The van der Waals surface area contributed by atoms with Crippen molar-refractivity contribution in [2.75, 3.05) is 26.4 Å². The molecule has 5 nitrogen and oxygen atoms in total. The van der Waals surface area contributed by atoms with Crippen LogP contribution in [0.5, 0.6) is 0 Å². The van der Waals surface area contributed by atoms with Gasteiger partial charge < -0.3 is 10.2 Å². The molecule has 102 valence electrons. The average molecular weight is 247 g/mol. The van der Waals surface area contributed by atoms with Gasteiger partial charge in [0.2, 0.25) is 0 Å². The van der Waals surface area contributed by atoms with Crippen LogP contribution in [0.1, 0.15) is 39.0 Å². The lowest BCUT2D eigenvalue weighted by molar-refractivity contribution is -0.339. The Morgan fingerprint density at radius 3 is 2.18 bits per heavy atom. The molecule has 0 amide bonds. The van der Waals surface area contributed by atoms with Gasteiger partial charge in [0.15, 0.2) is 0 Å². The van der Waals surface area contributed by atoms with E-state index in [0.29, 0.717) is 0 Å². The molecule has 0 saturated carbocycles. The van der Waals surface area contributed by atoms with Crippen LogP contribution in [0, 0.1) is 0 Å². The normalized spacial score (nSPS) is 11.2. The zero-order chi connectivity index (χ0) is 12.8. The minimum absolute atomic E-state index is 0.0661. The number of hydrogen-bond acceptors (Lipinski definition) is 5. The van der Waals surface area contributed by atoms with Crippen molar-refractivity contribution in [2.45, 2.75) is 39.0 Å². The van der Waals surface area contributed by atoms with Gasteiger partial charge in [-0.2, -0.15) is 0 Å². The van der Waals surface area contributed by atoms with Gasteiger partial charge in [-0.05, 0) is 12.8 Å². The lowest BCUT2D eigenvalue weighted by Gasteiger charge is -2.17. The first-order valence-corrected chi connectivity index (χ1v) is 6.28. The van der Waals surface area contributed by atoms with Crippen molar-refractivity contribution in [3.8, 4) is 0 Å². The Morgan fingerprint density at radius 2 is 1.65 bits per heavy atom. The molecule has 0 aromatic heterocycles. The quantitative estimate of drug-likeness (QED) is 0.405. The third-order valence-electron chi connectivity index (χ3n) is 2.07. The summed E-state index contributed by atoms with van der Waals surface area (Å²) in [6.07, 6.45) is 9.49. The van der Waals surface area contributed by atoms with Gasteiger partial charge in [-0.25, -0.2) is 9.68 Å². The Labute approximate surface area is 104 Å². The molecule has 0 radical (unpaired) electrons. The number of aliphatic hydroxyl groups is 2. The molecule has 17 heavy (non-hydrogen) atoms. The summed E-state index contributed by atoms with van der Waals surface area (Å²) in [6, 6.07) is 0. The molecule has 0 heterocycles. The van der Waals surface area contributed by atoms with Crippen LogP contribution in [-0.4, -0.2) is 41.9 Å². The van der Waals surface area contributed by atoms with Crippen molar-refractivity contribution in [2.24, 2.45) is 0 Å². The Balaban J connectivity index is 3.66. The number of allylic oxidation sites excluding steroid dienone is 1. The fourth-order valence-electron chi connectivity index (χ4n) is 1.23. The molecular weight excluding hydrogens is 222 g/mol. The Hall–Kier alpha value is -0.620. The molecule has 0 saturated heterocycles. The van der Waals surface area contributed by atoms with Crippen LogP contribution in [-0.2, 0) is 9.68 Å². The van der Waals surface area contributed by atoms with Crippen molar-refractivity contribution < 1.29 is 19.9 Å². The standard InChI is InChI=1S/C12H25NO4/c1-2-3-4-5-6-7-8-13(16-11-9-14)17-12-10-15/h7-8,14-15H,2-6,9-12H2,1H3.